The van der Waals surface area contributed by atoms with Crippen molar-refractivity contribution in [2.24, 2.45) is 0 Å². The van der Waals surface area contributed by atoms with Gasteiger partial charge in [-0.1, -0.05) is 25.5 Å². The van der Waals surface area contributed by atoms with Crippen LogP contribution in [0.4, 0.5) is 18.9 Å². The number of anilines is 1. The zero-order valence-corrected chi connectivity index (χ0v) is 18.3. The van der Waals surface area contributed by atoms with Crippen molar-refractivity contribution in [3.05, 3.63) is 71.7 Å². The molecule has 0 aliphatic rings. The fourth-order valence-electron chi connectivity index (χ4n) is 3.27. The minimum absolute atomic E-state index is 0.0506. The van der Waals surface area contributed by atoms with E-state index in [0.717, 1.165) is 35.5 Å². The second kappa shape index (κ2) is 10.8. The summed E-state index contributed by atoms with van der Waals surface area (Å²) in [6.45, 7) is 2.09. The highest BCUT2D eigenvalue weighted by Gasteiger charge is 2.32. The summed E-state index contributed by atoms with van der Waals surface area (Å²) in [5, 5.41) is 18.3. The fraction of sp³-hybridized carbons (Fsp3) is 0.304. The number of alkyl halides is 3. The van der Waals surface area contributed by atoms with Crippen LogP contribution in [0.1, 0.15) is 53.7 Å². The van der Waals surface area contributed by atoms with E-state index in [4.69, 9.17) is 5.11 Å². The molecule has 1 atom stereocenters. The van der Waals surface area contributed by atoms with Gasteiger partial charge in [0, 0.05) is 18.3 Å². The lowest BCUT2D eigenvalue weighted by molar-refractivity contribution is -0.138. The molecule has 0 aliphatic carbocycles. The van der Waals surface area contributed by atoms with Gasteiger partial charge in [-0.3, -0.25) is 9.59 Å². The van der Waals surface area contributed by atoms with E-state index in [2.05, 4.69) is 20.7 Å². The number of rotatable bonds is 10. The summed E-state index contributed by atoms with van der Waals surface area (Å²) in [5.41, 5.74) is 1.20. The summed E-state index contributed by atoms with van der Waals surface area (Å²) < 4.78 is 39.4. The summed E-state index contributed by atoms with van der Waals surface area (Å²) >= 11 is 0. The van der Waals surface area contributed by atoms with Gasteiger partial charge in [-0.25, -0.2) is 9.67 Å². The number of benzene rings is 1. The molecular weight excluding hydrogens is 451 g/mol. The number of nitrogens with one attached hydrogen (secondary N) is 2. The second-order valence-electron chi connectivity index (χ2n) is 7.58. The molecule has 3 aromatic rings. The molecule has 3 rings (SSSR count). The van der Waals surface area contributed by atoms with E-state index in [-0.39, 0.29) is 30.7 Å². The Labute approximate surface area is 193 Å². The molecule has 0 radical (unpaired) electrons. The predicted octanol–water partition coefficient (Wildman–Crippen LogP) is 4.44. The molecule has 34 heavy (non-hydrogen) atoms. The summed E-state index contributed by atoms with van der Waals surface area (Å²) in [6, 6.07) is 10.2. The summed E-state index contributed by atoms with van der Waals surface area (Å²) in [5.74, 6) is -1.08. The molecule has 11 heteroatoms. The Bertz CT molecular complexity index is 1110. The monoisotopic (exact) mass is 475 g/mol. The van der Waals surface area contributed by atoms with E-state index in [0.29, 0.717) is 11.3 Å². The highest BCUT2D eigenvalue weighted by Crippen LogP contribution is 2.29. The van der Waals surface area contributed by atoms with Crippen LogP contribution in [0.3, 0.4) is 0 Å². The van der Waals surface area contributed by atoms with Crippen LogP contribution in [0.2, 0.25) is 0 Å². The smallest absolute Gasteiger partial charge is 0.419 e. The van der Waals surface area contributed by atoms with Crippen molar-refractivity contribution in [3.63, 3.8) is 0 Å². The van der Waals surface area contributed by atoms with Gasteiger partial charge in [0.1, 0.15) is 0 Å². The third-order valence-corrected chi connectivity index (χ3v) is 5.01. The van der Waals surface area contributed by atoms with E-state index < -0.39 is 17.7 Å². The number of hydrogen-bond donors (Lipinski definition) is 3. The van der Waals surface area contributed by atoms with Crippen LogP contribution in [0, 0.1) is 0 Å². The molecule has 8 nitrogen and oxygen atoms in total. The van der Waals surface area contributed by atoms with Crippen molar-refractivity contribution >= 4 is 17.6 Å². The fourth-order valence-corrected chi connectivity index (χ4v) is 3.27. The number of aliphatic carboxylic acids is 1. The molecule has 2 aromatic heterocycles. The van der Waals surface area contributed by atoms with Crippen LogP contribution in [0.25, 0.3) is 5.82 Å². The van der Waals surface area contributed by atoms with E-state index in [9.17, 15) is 22.8 Å². The average molecular weight is 475 g/mol. The van der Waals surface area contributed by atoms with E-state index in [1.165, 1.54) is 6.20 Å². The largest absolute Gasteiger partial charge is 0.481 e. The molecule has 3 N–H and O–H groups in total. The maximum atomic E-state index is 12.8. The third kappa shape index (κ3) is 6.56. The van der Waals surface area contributed by atoms with Crippen molar-refractivity contribution in [3.8, 4) is 5.82 Å². The molecule has 2 heterocycles. The molecular formula is C23H24F3N5O3. The highest BCUT2D eigenvalue weighted by atomic mass is 19.4. The molecule has 0 spiro atoms. The van der Waals surface area contributed by atoms with E-state index in [1.54, 1.807) is 24.3 Å². The van der Waals surface area contributed by atoms with Crippen molar-refractivity contribution in [2.45, 2.75) is 38.4 Å². The number of carboxylic acid groups (broad SMARTS) is 1. The third-order valence-electron chi connectivity index (χ3n) is 5.01. The Kier molecular flexibility index (Phi) is 7.87. The van der Waals surface area contributed by atoms with Gasteiger partial charge in [0.2, 0.25) is 0 Å². The minimum atomic E-state index is -4.47. The first-order valence-electron chi connectivity index (χ1n) is 10.6. The Hall–Kier alpha value is -3.89. The molecule has 0 unspecified atom stereocenters. The number of aromatic nitrogens is 3. The highest BCUT2D eigenvalue weighted by molar-refractivity contribution is 5.94. The Morgan fingerprint density at radius 2 is 1.85 bits per heavy atom. The Morgan fingerprint density at radius 3 is 2.41 bits per heavy atom. The van der Waals surface area contributed by atoms with Crippen molar-refractivity contribution in [1.29, 1.82) is 0 Å². The summed E-state index contributed by atoms with van der Waals surface area (Å²) in [6.07, 6.45) is 0.214. The zero-order chi connectivity index (χ0) is 24.7. The van der Waals surface area contributed by atoms with Crippen LogP contribution >= 0.6 is 0 Å². The van der Waals surface area contributed by atoms with Crippen LogP contribution in [0.5, 0.6) is 0 Å². The number of hydrogen-bond acceptors (Lipinski definition) is 5. The normalized spacial score (nSPS) is 12.2. The SMILES string of the molecule is CCC[C@H](Nc1ccc(-n2cc(C(F)(F)F)cn2)nc1)c1ccc(C(=O)NCCC(=O)O)cc1. The number of carbonyl (C=O) groups is 2. The van der Waals surface area contributed by atoms with Gasteiger partial charge >= 0.3 is 12.1 Å². The maximum absolute atomic E-state index is 12.8. The van der Waals surface area contributed by atoms with Crippen molar-refractivity contribution in [1.82, 2.24) is 20.1 Å². The number of carbonyl (C=O) groups excluding carboxylic acids is 1. The molecule has 1 amide bonds. The van der Waals surface area contributed by atoms with Gasteiger partial charge in [0.15, 0.2) is 5.82 Å². The van der Waals surface area contributed by atoms with Crippen molar-refractivity contribution in [2.75, 3.05) is 11.9 Å². The first-order valence-corrected chi connectivity index (χ1v) is 10.6. The first kappa shape index (κ1) is 24.7. The molecule has 180 valence electrons. The average Bonchev–Trinajstić information content (AvgIpc) is 3.30. The van der Waals surface area contributed by atoms with Gasteiger partial charge in [-0.05, 0) is 36.2 Å². The second-order valence-corrected chi connectivity index (χ2v) is 7.58. The molecule has 0 fully saturated rings. The predicted molar refractivity (Wildman–Crippen MR) is 119 cm³/mol. The first-order chi connectivity index (χ1) is 16.2. The van der Waals surface area contributed by atoms with Gasteiger partial charge < -0.3 is 15.7 Å². The van der Waals surface area contributed by atoms with Crippen LogP contribution in [-0.4, -0.2) is 38.3 Å². The van der Waals surface area contributed by atoms with Gasteiger partial charge in [0.25, 0.3) is 5.91 Å². The zero-order valence-electron chi connectivity index (χ0n) is 18.3. The summed E-state index contributed by atoms with van der Waals surface area (Å²) in [4.78, 5) is 26.9. The van der Waals surface area contributed by atoms with E-state index >= 15 is 0 Å². The molecule has 0 saturated carbocycles. The lowest BCUT2D eigenvalue weighted by atomic mass is 10.0. The maximum Gasteiger partial charge on any atom is 0.419 e. The number of nitrogens with zero attached hydrogens (tertiary/aromatic N) is 3. The van der Waals surface area contributed by atoms with Gasteiger partial charge in [-0.15, -0.1) is 0 Å². The topological polar surface area (TPSA) is 109 Å². The minimum Gasteiger partial charge on any atom is -0.481 e. The quantitative estimate of drug-likeness (QED) is 0.400. The van der Waals surface area contributed by atoms with Crippen LogP contribution < -0.4 is 10.6 Å². The van der Waals surface area contributed by atoms with Crippen molar-refractivity contribution < 1.29 is 27.9 Å². The lowest BCUT2D eigenvalue weighted by Crippen LogP contribution is -2.26. The Balaban J connectivity index is 1.67. The molecule has 1 aromatic carbocycles. The molecule has 0 bridgehead atoms. The van der Waals surface area contributed by atoms with E-state index in [1.807, 2.05) is 19.1 Å². The number of amides is 1. The number of halogens is 3. The van der Waals surface area contributed by atoms with Crippen LogP contribution in [-0.2, 0) is 11.0 Å². The molecule has 0 saturated heterocycles. The number of carboxylic acids is 1. The Morgan fingerprint density at radius 1 is 1.12 bits per heavy atom. The molecule has 0 aliphatic heterocycles. The number of pyridine rings is 1. The standard InChI is InChI=1S/C23H24F3N5O3/c1-2-3-19(15-4-6-16(7-5-15)22(34)27-11-10-21(32)33)30-18-8-9-20(28-13-18)31-14-17(12-29-31)23(24,25)26/h4-9,12-14,19,30H,2-3,10-11H2,1H3,(H,27,34)(H,32,33)/t19-/m0/s1. The van der Waals surface area contributed by atoms with Gasteiger partial charge in [-0.2, -0.15) is 18.3 Å². The summed E-state index contributed by atoms with van der Waals surface area (Å²) in [7, 11) is 0. The van der Waals surface area contributed by atoms with Crippen LogP contribution in [0.15, 0.2) is 55.0 Å². The van der Waals surface area contributed by atoms with Gasteiger partial charge in [0.05, 0.1) is 36.1 Å². The lowest BCUT2D eigenvalue weighted by Gasteiger charge is -2.20.